The highest BCUT2D eigenvalue weighted by Gasteiger charge is 2.17. The minimum atomic E-state index is -0.260. The molecule has 0 aliphatic rings. The van der Waals surface area contributed by atoms with Crippen molar-refractivity contribution < 1.29 is 9.23 Å². The zero-order valence-electron chi connectivity index (χ0n) is 15.0. The van der Waals surface area contributed by atoms with Crippen LogP contribution in [-0.4, -0.2) is 24.1 Å². The van der Waals surface area contributed by atoms with Gasteiger partial charge in [0.15, 0.2) is 0 Å². The highest BCUT2D eigenvalue weighted by molar-refractivity contribution is 5.65. The lowest BCUT2D eigenvalue weighted by molar-refractivity contribution is 0.180. The van der Waals surface area contributed by atoms with Gasteiger partial charge in [-0.05, 0) is 42.7 Å². The Bertz CT molecular complexity index is 627. The number of aromatic nitrogens is 2. The normalized spacial score (nSPS) is 10.3. The summed E-state index contributed by atoms with van der Waals surface area (Å²) >= 11 is 0. The van der Waals surface area contributed by atoms with Gasteiger partial charge in [-0.25, -0.2) is 19.4 Å². The fraction of sp³-hybridized carbons (Fsp3) is 0.444. The number of halogens is 1. The van der Waals surface area contributed by atoms with Crippen LogP contribution in [0.2, 0.25) is 0 Å². The van der Waals surface area contributed by atoms with Gasteiger partial charge in [0.1, 0.15) is 5.82 Å². The minimum Gasteiger partial charge on any atom is -0.274 e. The van der Waals surface area contributed by atoms with Crippen LogP contribution >= 0.6 is 0 Å². The molecular weight excluding hydrogens is 293 g/mol. The van der Waals surface area contributed by atoms with Crippen molar-refractivity contribution in [3.63, 3.8) is 0 Å². The molecule has 0 radical (unpaired) electrons. The predicted octanol–water partition coefficient (Wildman–Crippen LogP) is 4.74. The Balaban J connectivity index is 0.00000127. The molecule has 0 spiro atoms. The van der Waals surface area contributed by atoms with E-state index in [4.69, 9.17) is 4.84 Å². The quantitative estimate of drug-likeness (QED) is 0.763. The van der Waals surface area contributed by atoms with Crippen molar-refractivity contribution >= 4 is 5.95 Å². The van der Waals surface area contributed by atoms with Crippen molar-refractivity contribution in [2.24, 2.45) is 0 Å². The SMILES string of the molecule is CC.CON(C)c1nc(-c2ccc(F)cc2)c(C)c(C(C)C)n1. The first-order chi connectivity index (χ1) is 10.9. The topological polar surface area (TPSA) is 38.2 Å². The average molecular weight is 319 g/mol. The number of hydrogen-bond donors (Lipinski definition) is 0. The van der Waals surface area contributed by atoms with Crippen LogP contribution in [0.5, 0.6) is 0 Å². The minimum absolute atomic E-state index is 0.260. The van der Waals surface area contributed by atoms with Crippen LogP contribution < -0.4 is 5.06 Å². The van der Waals surface area contributed by atoms with Gasteiger partial charge in [-0.1, -0.05) is 27.7 Å². The third kappa shape index (κ3) is 4.48. The van der Waals surface area contributed by atoms with Crippen LogP contribution in [0.25, 0.3) is 11.3 Å². The van der Waals surface area contributed by atoms with Crippen LogP contribution in [0.1, 0.15) is 44.9 Å². The van der Waals surface area contributed by atoms with Crippen LogP contribution in [0.15, 0.2) is 24.3 Å². The fourth-order valence-corrected chi connectivity index (χ4v) is 2.20. The van der Waals surface area contributed by atoms with Gasteiger partial charge in [0, 0.05) is 12.6 Å². The molecule has 0 amide bonds. The Kier molecular flexibility index (Phi) is 7.10. The number of hydrogen-bond acceptors (Lipinski definition) is 4. The van der Waals surface area contributed by atoms with E-state index in [2.05, 4.69) is 23.8 Å². The van der Waals surface area contributed by atoms with Gasteiger partial charge < -0.3 is 0 Å². The number of nitrogens with zero attached hydrogens (tertiary/aromatic N) is 3. The molecule has 0 fully saturated rings. The lowest BCUT2D eigenvalue weighted by atomic mass is 10.00. The molecule has 0 saturated carbocycles. The monoisotopic (exact) mass is 319 g/mol. The van der Waals surface area contributed by atoms with Crippen molar-refractivity contribution in [1.29, 1.82) is 0 Å². The molecule has 126 valence electrons. The first-order valence-electron chi connectivity index (χ1n) is 7.86. The molecule has 4 nitrogen and oxygen atoms in total. The Morgan fingerprint density at radius 3 is 2.13 bits per heavy atom. The maximum atomic E-state index is 13.1. The van der Waals surface area contributed by atoms with E-state index in [1.165, 1.54) is 17.2 Å². The summed E-state index contributed by atoms with van der Waals surface area (Å²) in [5, 5.41) is 1.51. The van der Waals surface area contributed by atoms with E-state index in [1.807, 2.05) is 20.8 Å². The predicted molar refractivity (Wildman–Crippen MR) is 93.0 cm³/mol. The zero-order valence-corrected chi connectivity index (χ0v) is 15.0. The van der Waals surface area contributed by atoms with Gasteiger partial charge in [0.25, 0.3) is 0 Å². The van der Waals surface area contributed by atoms with Gasteiger partial charge in [-0.15, -0.1) is 0 Å². The highest BCUT2D eigenvalue weighted by atomic mass is 19.1. The molecule has 0 aliphatic carbocycles. The van der Waals surface area contributed by atoms with Crippen LogP contribution in [0.3, 0.4) is 0 Å². The summed E-state index contributed by atoms with van der Waals surface area (Å²) in [6.07, 6.45) is 0. The second kappa shape index (κ2) is 8.58. The molecule has 0 N–H and O–H groups in total. The molecule has 0 bridgehead atoms. The van der Waals surface area contributed by atoms with Gasteiger partial charge in [0.05, 0.1) is 18.5 Å². The van der Waals surface area contributed by atoms with Crippen molar-refractivity contribution in [2.45, 2.75) is 40.5 Å². The molecule has 1 aromatic carbocycles. The highest BCUT2D eigenvalue weighted by Crippen LogP contribution is 2.29. The summed E-state index contributed by atoms with van der Waals surface area (Å²) in [5.41, 5.74) is 3.63. The van der Waals surface area contributed by atoms with Crippen molar-refractivity contribution in [3.8, 4) is 11.3 Å². The molecule has 0 atom stereocenters. The fourth-order valence-electron chi connectivity index (χ4n) is 2.20. The lowest BCUT2D eigenvalue weighted by Crippen LogP contribution is -2.19. The number of rotatable bonds is 4. The van der Waals surface area contributed by atoms with E-state index in [9.17, 15) is 4.39 Å². The Labute approximate surface area is 138 Å². The Morgan fingerprint density at radius 2 is 1.65 bits per heavy atom. The van der Waals surface area contributed by atoms with Crippen molar-refractivity contribution in [3.05, 3.63) is 41.3 Å². The molecule has 0 saturated heterocycles. The van der Waals surface area contributed by atoms with E-state index in [1.54, 1.807) is 26.3 Å². The van der Waals surface area contributed by atoms with E-state index in [-0.39, 0.29) is 11.7 Å². The molecule has 1 heterocycles. The second-order valence-corrected chi connectivity index (χ2v) is 5.22. The van der Waals surface area contributed by atoms with E-state index < -0.39 is 0 Å². The van der Waals surface area contributed by atoms with Crippen molar-refractivity contribution in [1.82, 2.24) is 9.97 Å². The molecule has 0 unspecified atom stereocenters. The van der Waals surface area contributed by atoms with Gasteiger partial charge >= 0.3 is 0 Å². The zero-order chi connectivity index (χ0) is 17.6. The smallest absolute Gasteiger partial charge is 0.250 e. The number of benzene rings is 1. The van der Waals surface area contributed by atoms with E-state index >= 15 is 0 Å². The molecule has 23 heavy (non-hydrogen) atoms. The molecular formula is C18H26FN3O. The Hall–Kier alpha value is -2.01. The molecule has 0 aliphatic heterocycles. The second-order valence-electron chi connectivity index (χ2n) is 5.22. The largest absolute Gasteiger partial charge is 0.274 e. The average Bonchev–Trinajstić information content (AvgIpc) is 2.57. The van der Waals surface area contributed by atoms with Gasteiger partial charge in [-0.2, -0.15) is 0 Å². The maximum absolute atomic E-state index is 13.1. The molecule has 2 rings (SSSR count). The van der Waals surface area contributed by atoms with E-state index in [0.29, 0.717) is 5.95 Å². The van der Waals surface area contributed by atoms with E-state index in [0.717, 1.165) is 22.5 Å². The summed E-state index contributed by atoms with van der Waals surface area (Å²) in [4.78, 5) is 14.3. The Morgan fingerprint density at radius 1 is 1.09 bits per heavy atom. The van der Waals surface area contributed by atoms with Crippen LogP contribution in [0, 0.1) is 12.7 Å². The summed E-state index contributed by atoms with van der Waals surface area (Å²) in [5.74, 6) is 0.492. The first kappa shape index (κ1) is 19.0. The summed E-state index contributed by atoms with van der Waals surface area (Å²) in [6.45, 7) is 10.2. The first-order valence-corrected chi connectivity index (χ1v) is 7.86. The van der Waals surface area contributed by atoms with Gasteiger partial charge in [0.2, 0.25) is 5.95 Å². The maximum Gasteiger partial charge on any atom is 0.250 e. The third-order valence-electron chi connectivity index (χ3n) is 3.39. The molecule has 5 heteroatoms. The standard InChI is InChI=1S/C16H20FN3O.C2H6/c1-10(2)14-11(3)15(12-6-8-13(17)9-7-12)19-16(18-14)20(4)21-5;1-2/h6-10H,1-5H3;1-2H3. The number of anilines is 1. The summed E-state index contributed by atoms with van der Waals surface area (Å²) in [7, 11) is 3.32. The lowest BCUT2D eigenvalue weighted by Gasteiger charge is -2.19. The number of hydroxylamine groups is 1. The van der Waals surface area contributed by atoms with Crippen LogP contribution in [0.4, 0.5) is 10.3 Å². The molecule has 1 aromatic heterocycles. The van der Waals surface area contributed by atoms with Crippen LogP contribution in [-0.2, 0) is 4.84 Å². The van der Waals surface area contributed by atoms with Gasteiger partial charge in [-0.3, -0.25) is 4.84 Å². The summed E-state index contributed by atoms with van der Waals surface area (Å²) < 4.78 is 13.1. The molecule has 2 aromatic rings. The third-order valence-corrected chi connectivity index (χ3v) is 3.39. The summed E-state index contributed by atoms with van der Waals surface area (Å²) in [6, 6.07) is 6.33. The van der Waals surface area contributed by atoms with Crippen molar-refractivity contribution in [2.75, 3.05) is 19.2 Å².